The van der Waals surface area contributed by atoms with E-state index >= 15 is 0 Å². The molecule has 0 aliphatic rings. The molecule has 0 saturated carbocycles. The van der Waals surface area contributed by atoms with Crippen LogP contribution in [0.4, 0.5) is 5.69 Å². The number of nitrogens with zero attached hydrogens (tertiary/aromatic N) is 2. The fourth-order valence-electron chi connectivity index (χ4n) is 2.15. The van der Waals surface area contributed by atoms with Gasteiger partial charge in [-0.3, -0.25) is 9.52 Å². The first-order chi connectivity index (χ1) is 12.3. The van der Waals surface area contributed by atoms with Gasteiger partial charge in [0.05, 0.1) is 16.1 Å². The summed E-state index contributed by atoms with van der Waals surface area (Å²) in [5.74, 6) is -0.265. The van der Waals surface area contributed by atoms with Crippen LogP contribution < -0.4 is 10.0 Å². The highest BCUT2D eigenvalue weighted by Gasteiger charge is 2.16. The van der Waals surface area contributed by atoms with Crippen molar-refractivity contribution in [1.82, 2.24) is 10.2 Å². The Morgan fingerprint density at radius 2 is 1.77 bits per heavy atom. The van der Waals surface area contributed by atoms with E-state index in [1.165, 1.54) is 36.4 Å². The molecular formula is C18H20N4O3S. The maximum Gasteiger partial charge on any atom is 0.261 e. The third-order valence-corrected chi connectivity index (χ3v) is 4.94. The molecule has 0 aliphatic carbocycles. The molecule has 0 fully saturated rings. The van der Waals surface area contributed by atoms with Crippen molar-refractivity contribution >= 4 is 21.6 Å². The number of para-hydroxylation sites is 1. The molecule has 8 heteroatoms. The van der Waals surface area contributed by atoms with Crippen LogP contribution in [0.1, 0.15) is 15.9 Å². The number of rotatable bonds is 7. The molecule has 2 aromatic rings. The first-order valence-electron chi connectivity index (χ1n) is 7.88. The van der Waals surface area contributed by atoms with E-state index in [1.54, 1.807) is 12.1 Å². The van der Waals surface area contributed by atoms with Crippen LogP contribution in [0.15, 0.2) is 53.4 Å². The van der Waals surface area contributed by atoms with E-state index in [-0.39, 0.29) is 22.1 Å². The molecule has 7 nitrogen and oxygen atoms in total. The number of nitriles is 1. The van der Waals surface area contributed by atoms with E-state index in [9.17, 15) is 13.2 Å². The minimum Gasteiger partial charge on any atom is -0.351 e. The summed E-state index contributed by atoms with van der Waals surface area (Å²) < 4.78 is 27.3. The summed E-state index contributed by atoms with van der Waals surface area (Å²) in [6.07, 6.45) is 0. The van der Waals surface area contributed by atoms with Gasteiger partial charge < -0.3 is 10.2 Å². The van der Waals surface area contributed by atoms with Gasteiger partial charge >= 0.3 is 0 Å². The zero-order valence-electron chi connectivity index (χ0n) is 14.6. The Balaban J connectivity index is 2.11. The third-order valence-electron chi connectivity index (χ3n) is 3.56. The highest BCUT2D eigenvalue weighted by Crippen LogP contribution is 2.19. The summed E-state index contributed by atoms with van der Waals surface area (Å²) in [5, 5.41) is 11.8. The summed E-state index contributed by atoms with van der Waals surface area (Å²) >= 11 is 0. The number of nitrogens with one attached hydrogen (secondary N) is 2. The fourth-order valence-corrected chi connectivity index (χ4v) is 3.23. The number of sulfonamides is 1. The van der Waals surface area contributed by atoms with Crippen molar-refractivity contribution in [2.75, 3.05) is 31.9 Å². The molecule has 0 spiro atoms. The molecule has 136 valence electrons. The van der Waals surface area contributed by atoms with Crippen LogP contribution in [-0.4, -0.2) is 46.4 Å². The van der Waals surface area contributed by atoms with Crippen molar-refractivity contribution in [2.45, 2.75) is 4.90 Å². The fraction of sp³-hybridized carbons (Fsp3) is 0.222. The summed E-state index contributed by atoms with van der Waals surface area (Å²) in [6.45, 7) is 1.21. The van der Waals surface area contributed by atoms with E-state index in [0.29, 0.717) is 18.7 Å². The van der Waals surface area contributed by atoms with Crippen LogP contribution in [0, 0.1) is 11.3 Å². The quantitative estimate of drug-likeness (QED) is 0.769. The molecule has 0 heterocycles. The zero-order valence-corrected chi connectivity index (χ0v) is 15.4. The largest absolute Gasteiger partial charge is 0.351 e. The number of carbonyl (C=O) groups is 1. The van der Waals surface area contributed by atoms with Gasteiger partial charge in [-0.25, -0.2) is 8.42 Å². The van der Waals surface area contributed by atoms with Crippen LogP contribution in [0.2, 0.25) is 0 Å². The van der Waals surface area contributed by atoms with Gasteiger partial charge in [0.2, 0.25) is 0 Å². The van der Waals surface area contributed by atoms with Gasteiger partial charge in [-0.15, -0.1) is 0 Å². The Bertz CT molecular complexity index is 916. The Kier molecular flexibility index (Phi) is 6.33. The van der Waals surface area contributed by atoms with E-state index in [2.05, 4.69) is 10.0 Å². The third kappa shape index (κ3) is 5.05. The van der Waals surface area contributed by atoms with E-state index < -0.39 is 10.0 Å². The zero-order chi connectivity index (χ0) is 19.2. The van der Waals surface area contributed by atoms with Gasteiger partial charge in [0, 0.05) is 18.7 Å². The number of hydrogen-bond donors (Lipinski definition) is 2. The van der Waals surface area contributed by atoms with Crippen LogP contribution >= 0.6 is 0 Å². The predicted molar refractivity (Wildman–Crippen MR) is 99.3 cm³/mol. The highest BCUT2D eigenvalue weighted by molar-refractivity contribution is 7.92. The molecule has 1 amide bonds. The first kappa shape index (κ1) is 19.4. The molecule has 0 radical (unpaired) electrons. The second-order valence-electron chi connectivity index (χ2n) is 5.85. The molecule has 0 aromatic heterocycles. The molecule has 2 N–H and O–H groups in total. The lowest BCUT2D eigenvalue weighted by molar-refractivity contribution is 0.0951. The normalized spacial score (nSPS) is 11.0. The number of hydrogen-bond acceptors (Lipinski definition) is 5. The predicted octanol–water partition coefficient (Wildman–Crippen LogP) is 1.65. The SMILES string of the molecule is CN(C)CCNC(=O)c1ccc(S(=O)(=O)Nc2ccccc2C#N)cc1. The lowest BCUT2D eigenvalue weighted by Gasteiger charge is -2.11. The second kappa shape index (κ2) is 8.47. The lowest BCUT2D eigenvalue weighted by atomic mass is 10.2. The maximum absolute atomic E-state index is 12.5. The molecule has 2 aromatic carbocycles. The van der Waals surface area contributed by atoms with Crippen LogP contribution in [0.3, 0.4) is 0 Å². The van der Waals surface area contributed by atoms with Crippen molar-refractivity contribution in [3.63, 3.8) is 0 Å². The molecule has 2 rings (SSSR count). The van der Waals surface area contributed by atoms with Crippen molar-refractivity contribution in [2.24, 2.45) is 0 Å². The van der Waals surface area contributed by atoms with Crippen LogP contribution in [-0.2, 0) is 10.0 Å². The maximum atomic E-state index is 12.5. The van der Waals surface area contributed by atoms with Gasteiger partial charge in [-0.1, -0.05) is 12.1 Å². The Hall–Kier alpha value is -2.89. The number of benzene rings is 2. The molecule has 0 atom stereocenters. The minimum absolute atomic E-state index is 0.00934. The van der Waals surface area contributed by atoms with Crippen molar-refractivity contribution < 1.29 is 13.2 Å². The van der Waals surface area contributed by atoms with E-state index in [0.717, 1.165) is 0 Å². The van der Waals surface area contributed by atoms with E-state index in [4.69, 9.17) is 5.26 Å². The second-order valence-corrected chi connectivity index (χ2v) is 7.53. The van der Waals surface area contributed by atoms with Crippen LogP contribution in [0.5, 0.6) is 0 Å². The average Bonchev–Trinajstić information content (AvgIpc) is 2.61. The monoisotopic (exact) mass is 372 g/mol. The van der Waals surface area contributed by atoms with E-state index in [1.807, 2.05) is 25.1 Å². The standard InChI is InChI=1S/C18H20N4O3S/c1-22(2)12-11-20-18(23)14-7-9-16(10-8-14)26(24,25)21-17-6-4-3-5-15(17)13-19/h3-10,21H,11-12H2,1-2H3,(H,20,23). The summed E-state index contributed by atoms with van der Waals surface area (Å²) in [6, 6.07) is 13.9. The topological polar surface area (TPSA) is 102 Å². The molecule has 0 bridgehead atoms. The summed E-state index contributed by atoms with van der Waals surface area (Å²) in [7, 11) is -0.0440. The van der Waals surface area contributed by atoms with Gasteiger partial charge in [0.1, 0.15) is 6.07 Å². The number of likely N-dealkylation sites (N-methyl/N-ethyl adjacent to an activating group) is 1. The van der Waals surface area contributed by atoms with Crippen LogP contribution in [0.25, 0.3) is 0 Å². The molecule has 0 saturated heterocycles. The van der Waals surface area contributed by atoms with Crippen molar-refractivity contribution in [3.05, 3.63) is 59.7 Å². The number of anilines is 1. The smallest absolute Gasteiger partial charge is 0.261 e. The van der Waals surface area contributed by atoms with Gasteiger partial charge in [-0.05, 0) is 50.5 Å². The highest BCUT2D eigenvalue weighted by atomic mass is 32.2. The molecular weight excluding hydrogens is 352 g/mol. The van der Waals surface area contributed by atoms with Crippen molar-refractivity contribution in [1.29, 1.82) is 5.26 Å². The average molecular weight is 372 g/mol. The lowest BCUT2D eigenvalue weighted by Crippen LogP contribution is -2.31. The number of amides is 1. The van der Waals surface area contributed by atoms with Gasteiger partial charge in [0.25, 0.3) is 15.9 Å². The first-order valence-corrected chi connectivity index (χ1v) is 9.37. The molecule has 0 unspecified atom stereocenters. The Labute approximate surface area is 153 Å². The van der Waals surface area contributed by atoms with Crippen molar-refractivity contribution in [3.8, 4) is 6.07 Å². The summed E-state index contributed by atoms with van der Waals surface area (Å²) in [5.41, 5.74) is 0.814. The Morgan fingerprint density at radius 1 is 1.12 bits per heavy atom. The molecule has 26 heavy (non-hydrogen) atoms. The van der Waals surface area contributed by atoms with Gasteiger partial charge in [-0.2, -0.15) is 5.26 Å². The molecule has 0 aliphatic heterocycles. The number of carbonyl (C=O) groups excluding carboxylic acids is 1. The Morgan fingerprint density at radius 3 is 2.38 bits per heavy atom. The summed E-state index contributed by atoms with van der Waals surface area (Å²) in [4.78, 5) is 14.0. The minimum atomic E-state index is -3.86. The van der Waals surface area contributed by atoms with Gasteiger partial charge in [0.15, 0.2) is 0 Å².